The van der Waals surface area contributed by atoms with E-state index in [1.54, 1.807) is 11.3 Å². The van der Waals surface area contributed by atoms with E-state index in [9.17, 15) is 0 Å². The average molecular weight is 264 g/mol. The number of aromatic nitrogens is 3. The second-order valence-corrected chi connectivity index (χ2v) is 5.39. The summed E-state index contributed by atoms with van der Waals surface area (Å²) >= 11 is 1.68. The van der Waals surface area contributed by atoms with Gasteiger partial charge in [-0.2, -0.15) is 5.10 Å². The summed E-state index contributed by atoms with van der Waals surface area (Å²) in [6.45, 7) is 9.13. The van der Waals surface area contributed by atoms with Gasteiger partial charge >= 0.3 is 0 Å². The third kappa shape index (κ3) is 2.97. The summed E-state index contributed by atoms with van der Waals surface area (Å²) in [5.74, 6) is 0. The van der Waals surface area contributed by atoms with E-state index in [-0.39, 0.29) is 0 Å². The van der Waals surface area contributed by atoms with Crippen molar-refractivity contribution in [1.82, 2.24) is 20.1 Å². The fraction of sp³-hybridized carbons (Fsp3) is 0.538. The third-order valence-electron chi connectivity index (χ3n) is 3.03. The Morgan fingerprint density at radius 2 is 2.22 bits per heavy atom. The van der Waals surface area contributed by atoms with Crippen LogP contribution < -0.4 is 5.32 Å². The van der Waals surface area contributed by atoms with Crippen LogP contribution in [-0.2, 0) is 13.1 Å². The van der Waals surface area contributed by atoms with Crippen LogP contribution in [0.3, 0.4) is 0 Å². The van der Waals surface area contributed by atoms with Gasteiger partial charge in [0.25, 0.3) is 0 Å². The fourth-order valence-electron chi connectivity index (χ4n) is 1.99. The molecule has 0 aliphatic heterocycles. The van der Waals surface area contributed by atoms with Crippen LogP contribution in [0.25, 0.3) is 0 Å². The third-order valence-corrected chi connectivity index (χ3v) is 3.79. The predicted molar refractivity (Wildman–Crippen MR) is 74.9 cm³/mol. The Morgan fingerprint density at radius 3 is 2.89 bits per heavy atom. The molecule has 0 bridgehead atoms. The maximum Gasteiger partial charge on any atom is 0.114 e. The molecule has 2 aromatic rings. The van der Waals surface area contributed by atoms with E-state index in [0.717, 1.165) is 36.8 Å². The first kappa shape index (κ1) is 13.2. The van der Waals surface area contributed by atoms with Crippen LogP contribution in [-0.4, -0.2) is 21.3 Å². The molecule has 0 spiro atoms. The van der Waals surface area contributed by atoms with E-state index in [0.29, 0.717) is 0 Å². The van der Waals surface area contributed by atoms with Crippen molar-refractivity contribution in [3.8, 4) is 0 Å². The van der Waals surface area contributed by atoms with Crippen LogP contribution in [0.2, 0.25) is 0 Å². The lowest BCUT2D eigenvalue weighted by Crippen LogP contribution is -2.15. The van der Waals surface area contributed by atoms with Crippen molar-refractivity contribution in [1.29, 1.82) is 0 Å². The number of hydrogen-bond donors (Lipinski definition) is 1. The number of aryl methyl sites for hydroxylation is 1. The summed E-state index contributed by atoms with van der Waals surface area (Å²) in [7, 11) is 0. The largest absolute Gasteiger partial charge is 0.313 e. The number of hydrogen-bond acceptors (Lipinski definition) is 4. The molecule has 0 saturated heterocycles. The van der Waals surface area contributed by atoms with Crippen LogP contribution in [0.1, 0.15) is 35.3 Å². The van der Waals surface area contributed by atoms with Crippen molar-refractivity contribution in [2.45, 2.75) is 40.3 Å². The molecule has 2 aromatic heterocycles. The zero-order valence-corrected chi connectivity index (χ0v) is 12.0. The number of nitrogens with one attached hydrogen (secondary N) is 1. The minimum Gasteiger partial charge on any atom is -0.313 e. The van der Waals surface area contributed by atoms with Crippen molar-refractivity contribution < 1.29 is 0 Å². The lowest BCUT2D eigenvalue weighted by molar-refractivity contribution is 0.648. The Bertz CT molecular complexity index is 487. The van der Waals surface area contributed by atoms with Gasteiger partial charge in [0.2, 0.25) is 0 Å². The molecule has 0 atom stereocenters. The summed E-state index contributed by atoms with van der Waals surface area (Å²) in [6, 6.07) is 0. The average Bonchev–Trinajstić information content (AvgIpc) is 2.93. The van der Waals surface area contributed by atoms with E-state index in [2.05, 4.69) is 40.9 Å². The Balaban J connectivity index is 2.10. The molecule has 0 radical (unpaired) electrons. The van der Waals surface area contributed by atoms with Crippen molar-refractivity contribution in [2.24, 2.45) is 0 Å². The SMILES string of the molecule is CCCNCc1c(C)nn(Cc2nccs2)c1C. The topological polar surface area (TPSA) is 42.7 Å². The Kier molecular flexibility index (Phi) is 4.49. The molecule has 0 aliphatic rings. The van der Waals surface area contributed by atoms with Gasteiger partial charge in [0.1, 0.15) is 5.01 Å². The molecule has 18 heavy (non-hydrogen) atoms. The van der Waals surface area contributed by atoms with Crippen LogP contribution in [0.4, 0.5) is 0 Å². The standard InChI is InChI=1S/C13H20N4S/c1-4-5-14-8-12-10(2)16-17(11(12)3)9-13-15-6-7-18-13/h6-7,14H,4-5,8-9H2,1-3H3. The monoisotopic (exact) mass is 264 g/mol. The zero-order valence-electron chi connectivity index (χ0n) is 11.2. The van der Waals surface area contributed by atoms with Crippen LogP contribution >= 0.6 is 11.3 Å². The van der Waals surface area contributed by atoms with Gasteiger partial charge < -0.3 is 5.32 Å². The molecular formula is C13H20N4S. The molecular weight excluding hydrogens is 244 g/mol. The van der Waals surface area contributed by atoms with Gasteiger partial charge in [-0.15, -0.1) is 11.3 Å². The van der Waals surface area contributed by atoms with Crippen molar-refractivity contribution >= 4 is 11.3 Å². The molecule has 0 aromatic carbocycles. The van der Waals surface area contributed by atoms with Gasteiger partial charge in [0.05, 0.1) is 12.2 Å². The Hall–Kier alpha value is -1.20. The Labute approximate surface area is 112 Å². The summed E-state index contributed by atoms with van der Waals surface area (Å²) in [6.07, 6.45) is 3.00. The van der Waals surface area contributed by atoms with Crippen LogP contribution in [0.15, 0.2) is 11.6 Å². The summed E-state index contributed by atoms with van der Waals surface area (Å²) in [5.41, 5.74) is 3.68. The van der Waals surface area contributed by atoms with Crippen molar-refractivity contribution in [3.63, 3.8) is 0 Å². The molecule has 0 saturated carbocycles. The highest BCUT2D eigenvalue weighted by molar-refractivity contribution is 7.09. The highest BCUT2D eigenvalue weighted by Crippen LogP contribution is 2.15. The quantitative estimate of drug-likeness (QED) is 0.815. The van der Waals surface area contributed by atoms with Gasteiger partial charge in [-0.25, -0.2) is 4.98 Å². The number of thiazole rings is 1. The number of nitrogens with zero attached hydrogens (tertiary/aromatic N) is 3. The van der Waals surface area contributed by atoms with E-state index in [1.807, 2.05) is 11.6 Å². The predicted octanol–water partition coefficient (Wildman–Crippen LogP) is 2.50. The van der Waals surface area contributed by atoms with E-state index in [4.69, 9.17) is 0 Å². The minimum atomic E-state index is 0.776. The summed E-state index contributed by atoms with van der Waals surface area (Å²) < 4.78 is 2.05. The van der Waals surface area contributed by atoms with Crippen LogP contribution in [0.5, 0.6) is 0 Å². The molecule has 0 unspecified atom stereocenters. The lowest BCUT2D eigenvalue weighted by atomic mass is 10.2. The molecule has 2 rings (SSSR count). The maximum atomic E-state index is 4.61. The first-order valence-corrected chi connectivity index (χ1v) is 7.22. The molecule has 2 heterocycles. The smallest absolute Gasteiger partial charge is 0.114 e. The van der Waals surface area contributed by atoms with E-state index in [1.165, 1.54) is 11.3 Å². The maximum absolute atomic E-state index is 4.61. The van der Waals surface area contributed by atoms with Gasteiger partial charge in [0.15, 0.2) is 0 Å². The fourth-order valence-corrected chi connectivity index (χ4v) is 2.59. The summed E-state index contributed by atoms with van der Waals surface area (Å²) in [4.78, 5) is 4.31. The lowest BCUT2D eigenvalue weighted by Gasteiger charge is -2.05. The van der Waals surface area contributed by atoms with E-state index < -0.39 is 0 Å². The van der Waals surface area contributed by atoms with Gasteiger partial charge in [-0.1, -0.05) is 6.92 Å². The molecule has 4 nitrogen and oxygen atoms in total. The zero-order chi connectivity index (χ0) is 13.0. The van der Waals surface area contributed by atoms with Crippen molar-refractivity contribution in [3.05, 3.63) is 33.5 Å². The first-order valence-electron chi connectivity index (χ1n) is 6.34. The van der Waals surface area contributed by atoms with E-state index >= 15 is 0 Å². The molecule has 98 valence electrons. The molecule has 0 aliphatic carbocycles. The number of rotatable bonds is 6. The highest BCUT2D eigenvalue weighted by Gasteiger charge is 2.11. The van der Waals surface area contributed by atoms with Gasteiger partial charge in [-0.05, 0) is 26.8 Å². The second-order valence-electron chi connectivity index (χ2n) is 4.41. The molecule has 0 fully saturated rings. The Morgan fingerprint density at radius 1 is 1.39 bits per heavy atom. The van der Waals surface area contributed by atoms with Gasteiger partial charge in [0, 0.05) is 29.4 Å². The molecule has 5 heteroatoms. The normalized spacial score (nSPS) is 11.1. The highest BCUT2D eigenvalue weighted by atomic mass is 32.1. The minimum absolute atomic E-state index is 0.776. The first-order chi connectivity index (χ1) is 8.72. The second kappa shape index (κ2) is 6.11. The molecule has 0 amide bonds. The van der Waals surface area contributed by atoms with Crippen molar-refractivity contribution in [2.75, 3.05) is 6.54 Å². The van der Waals surface area contributed by atoms with Crippen LogP contribution in [0, 0.1) is 13.8 Å². The van der Waals surface area contributed by atoms with Gasteiger partial charge in [-0.3, -0.25) is 4.68 Å². The molecule has 1 N–H and O–H groups in total. The summed E-state index contributed by atoms with van der Waals surface area (Å²) in [5, 5.41) is 11.2.